The fourth-order valence-corrected chi connectivity index (χ4v) is 4.78. The maximum atomic E-state index is 11.6. The van der Waals surface area contributed by atoms with Crippen LogP contribution in [0.2, 0.25) is 10.6 Å². The summed E-state index contributed by atoms with van der Waals surface area (Å²) in [5, 5.41) is 11.3. The van der Waals surface area contributed by atoms with Gasteiger partial charge in [0.05, 0.1) is 0 Å². The minimum absolute atomic E-state index is 0.116. The van der Waals surface area contributed by atoms with Gasteiger partial charge in [0.1, 0.15) is 0 Å². The Kier molecular flexibility index (Phi) is 10.4. The standard InChI is InChI=1S/C16H30O3Se/c1-2-3-4-5-6-7-8-9-10-11-16(18)19-15-13-20-12-14(15)17/h14-15,17H,2-13H2,1H3/t14-,15-/m0/s1. The first-order chi connectivity index (χ1) is 9.74. The van der Waals surface area contributed by atoms with Crippen molar-refractivity contribution in [2.45, 2.75) is 94.0 Å². The first-order valence-electron chi connectivity index (χ1n) is 8.19. The monoisotopic (exact) mass is 350 g/mol. The Bertz CT molecular complexity index is 258. The number of aliphatic hydroxyl groups is 1. The van der Waals surface area contributed by atoms with E-state index >= 15 is 0 Å². The summed E-state index contributed by atoms with van der Waals surface area (Å²) < 4.78 is 5.32. The van der Waals surface area contributed by atoms with E-state index in [1.54, 1.807) is 0 Å². The molecule has 1 aliphatic heterocycles. The Balaban J connectivity index is 1.87. The molecule has 0 bridgehead atoms. The molecule has 0 radical (unpaired) electrons. The molecular formula is C16H30O3Se. The van der Waals surface area contributed by atoms with E-state index < -0.39 is 6.10 Å². The van der Waals surface area contributed by atoms with E-state index in [0.29, 0.717) is 21.4 Å². The molecule has 0 aromatic heterocycles. The van der Waals surface area contributed by atoms with Crippen LogP contribution in [0.1, 0.15) is 71.1 Å². The predicted octanol–water partition coefficient (Wildman–Crippen LogP) is 3.73. The van der Waals surface area contributed by atoms with Gasteiger partial charge in [0.25, 0.3) is 0 Å². The third-order valence-corrected chi connectivity index (χ3v) is 6.16. The van der Waals surface area contributed by atoms with Gasteiger partial charge in [0.15, 0.2) is 0 Å². The van der Waals surface area contributed by atoms with E-state index in [9.17, 15) is 9.90 Å². The molecule has 1 N–H and O–H groups in total. The second kappa shape index (κ2) is 11.6. The van der Waals surface area contributed by atoms with Gasteiger partial charge in [0.2, 0.25) is 0 Å². The molecule has 2 atom stereocenters. The van der Waals surface area contributed by atoms with Crippen LogP contribution in [0.25, 0.3) is 0 Å². The van der Waals surface area contributed by atoms with Crippen LogP contribution in [-0.2, 0) is 9.53 Å². The first kappa shape index (κ1) is 18.0. The van der Waals surface area contributed by atoms with Crippen molar-refractivity contribution in [1.82, 2.24) is 0 Å². The van der Waals surface area contributed by atoms with Gasteiger partial charge in [-0.1, -0.05) is 19.8 Å². The molecule has 0 saturated carbocycles. The van der Waals surface area contributed by atoms with Gasteiger partial charge in [0, 0.05) is 0 Å². The van der Waals surface area contributed by atoms with Crippen LogP contribution in [0.4, 0.5) is 0 Å². The summed E-state index contributed by atoms with van der Waals surface area (Å²) in [4.78, 5) is 11.6. The van der Waals surface area contributed by atoms with Gasteiger partial charge in [-0.3, -0.25) is 0 Å². The van der Waals surface area contributed by atoms with E-state index in [4.69, 9.17) is 4.74 Å². The van der Waals surface area contributed by atoms with E-state index in [-0.39, 0.29) is 12.1 Å². The average Bonchev–Trinajstić information content (AvgIpc) is 2.82. The molecule has 118 valence electrons. The number of esters is 1. The molecule has 1 saturated heterocycles. The van der Waals surface area contributed by atoms with E-state index in [0.717, 1.165) is 23.5 Å². The summed E-state index contributed by atoms with van der Waals surface area (Å²) in [7, 11) is 0. The minimum atomic E-state index is -0.401. The van der Waals surface area contributed by atoms with Gasteiger partial charge in [-0.25, -0.2) is 0 Å². The number of aliphatic hydroxyl groups excluding tert-OH is 1. The number of ether oxygens (including phenoxy) is 1. The van der Waals surface area contributed by atoms with Crippen LogP contribution in [0.3, 0.4) is 0 Å². The Hall–Kier alpha value is -0.0505. The fraction of sp³-hybridized carbons (Fsp3) is 0.938. The number of rotatable bonds is 11. The predicted molar refractivity (Wildman–Crippen MR) is 83.1 cm³/mol. The SMILES string of the molecule is CCCCCCCCCCCC(=O)O[C@H]1C[Se]C[C@@H]1O. The van der Waals surface area contributed by atoms with Crippen LogP contribution in [0.15, 0.2) is 0 Å². The van der Waals surface area contributed by atoms with Crippen LogP contribution < -0.4 is 0 Å². The molecule has 4 heteroatoms. The number of carbonyl (C=O) groups excluding carboxylic acids is 1. The summed E-state index contributed by atoms with van der Waals surface area (Å²) in [5.41, 5.74) is 0. The number of hydrogen-bond donors (Lipinski definition) is 1. The van der Waals surface area contributed by atoms with Gasteiger partial charge in [-0.15, -0.1) is 0 Å². The van der Waals surface area contributed by atoms with Gasteiger partial charge in [-0.2, -0.15) is 0 Å². The average molecular weight is 349 g/mol. The zero-order valence-corrected chi connectivity index (χ0v) is 14.5. The third-order valence-electron chi connectivity index (χ3n) is 3.77. The van der Waals surface area contributed by atoms with Crippen molar-refractivity contribution >= 4 is 20.9 Å². The van der Waals surface area contributed by atoms with Crippen molar-refractivity contribution in [3.63, 3.8) is 0 Å². The second-order valence-corrected chi connectivity index (χ2v) is 7.97. The topological polar surface area (TPSA) is 46.5 Å². The number of hydrogen-bond acceptors (Lipinski definition) is 3. The summed E-state index contributed by atoms with van der Waals surface area (Å²) in [5.74, 6) is -0.116. The van der Waals surface area contributed by atoms with Crippen molar-refractivity contribution in [1.29, 1.82) is 0 Å². The Morgan fingerprint density at radius 2 is 1.65 bits per heavy atom. The molecule has 0 aromatic carbocycles. The molecule has 1 heterocycles. The molecule has 0 aliphatic carbocycles. The molecule has 0 unspecified atom stereocenters. The molecule has 1 fully saturated rings. The van der Waals surface area contributed by atoms with Crippen molar-refractivity contribution in [2.24, 2.45) is 0 Å². The van der Waals surface area contributed by atoms with Crippen LogP contribution in [-0.4, -0.2) is 38.2 Å². The van der Waals surface area contributed by atoms with Crippen LogP contribution >= 0.6 is 0 Å². The van der Waals surface area contributed by atoms with E-state index in [1.165, 1.54) is 44.9 Å². The summed E-state index contributed by atoms with van der Waals surface area (Å²) >= 11 is 0.460. The normalized spacial score (nSPS) is 22.1. The number of unbranched alkanes of at least 4 members (excludes halogenated alkanes) is 8. The summed E-state index contributed by atoms with van der Waals surface area (Å²) in [6.07, 6.45) is 11.2. The molecule has 3 nitrogen and oxygen atoms in total. The van der Waals surface area contributed by atoms with Crippen molar-refractivity contribution in [3.8, 4) is 0 Å². The molecule has 1 aliphatic rings. The second-order valence-electron chi connectivity index (χ2n) is 5.71. The maximum absolute atomic E-state index is 11.6. The van der Waals surface area contributed by atoms with Gasteiger partial charge in [-0.05, 0) is 0 Å². The summed E-state index contributed by atoms with van der Waals surface area (Å²) in [6.45, 7) is 2.24. The molecular weight excluding hydrogens is 319 g/mol. The fourth-order valence-electron chi connectivity index (χ4n) is 2.44. The van der Waals surface area contributed by atoms with Crippen LogP contribution in [0.5, 0.6) is 0 Å². The van der Waals surface area contributed by atoms with Crippen molar-refractivity contribution in [3.05, 3.63) is 0 Å². The quantitative estimate of drug-likeness (QED) is 0.351. The zero-order chi connectivity index (χ0) is 14.6. The van der Waals surface area contributed by atoms with Gasteiger partial charge < -0.3 is 0 Å². The van der Waals surface area contributed by atoms with Crippen molar-refractivity contribution < 1.29 is 14.6 Å². The molecule has 1 rings (SSSR count). The Labute approximate surface area is 130 Å². The Morgan fingerprint density at radius 3 is 2.20 bits per heavy atom. The third kappa shape index (κ3) is 8.28. The Morgan fingerprint density at radius 1 is 1.05 bits per heavy atom. The number of carbonyl (C=O) groups is 1. The molecule has 0 aromatic rings. The van der Waals surface area contributed by atoms with Gasteiger partial charge >= 0.3 is 110 Å². The molecule has 0 amide bonds. The van der Waals surface area contributed by atoms with E-state index in [1.807, 2.05) is 0 Å². The van der Waals surface area contributed by atoms with Crippen molar-refractivity contribution in [2.75, 3.05) is 0 Å². The first-order valence-corrected chi connectivity index (χ1v) is 10.6. The molecule has 0 spiro atoms. The zero-order valence-electron chi connectivity index (χ0n) is 12.8. The van der Waals surface area contributed by atoms with Crippen LogP contribution in [0, 0.1) is 0 Å². The molecule has 20 heavy (non-hydrogen) atoms. The van der Waals surface area contributed by atoms with E-state index in [2.05, 4.69) is 6.92 Å². The summed E-state index contributed by atoms with van der Waals surface area (Å²) in [6, 6.07) is 0.